The fourth-order valence-corrected chi connectivity index (χ4v) is 3.82. The third-order valence-electron chi connectivity index (χ3n) is 3.56. The maximum absolute atomic E-state index is 14.2. The molecule has 0 radical (unpaired) electrons. The van der Waals surface area contributed by atoms with Crippen molar-refractivity contribution >= 4 is 11.8 Å². The van der Waals surface area contributed by atoms with Crippen LogP contribution in [0.15, 0.2) is 47.4 Å². The topological polar surface area (TPSA) is 29.5 Å². The molecule has 2 nitrogen and oxygen atoms in total. The van der Waals surface area contributed by atoms with E-state index in [0.29, 0.717) is 5.56 Å². The summed E-state index contributed by atoms with van der Waals surface area (Å²) in [4.78, 5) is 1.17. The van der Waals surface area contributed by atoms with Crippen LogP contribution in [0.3, 0.4) is 0 Å². The molecule has 0 bridgehead atoms. The smallest absolute Gasteiger partial charge is 0.170 e. The first kappa shape index (κ1) is 13.5. The average Bonchev–Trinajstić information content (AvgIpc) is 2.90. The predicted molar refractivity (Wildman–Crippen MR) is 77.7 cm³/mol. The van der Waals surface area contributed by atoms with Crippen LogP contribution in [-0.4, -0.2) is 17.5 Å². The number of rotatable bonds is 3. The lowest BCUT2D eigenvalue weighted by atomic mass is 10.0. The number of fused-ring (bicyclic) bond motifs is 1. The molecule has 1 heterocycles. The number of aliphatic hydroxyl groups is 1. The van der Waals surface area contributed by atoms with E-state index in [1.54, 1.807) is 30.0 Å². The Morgan fingerprint density at radius 3 is 2.80 bits per heavy atom. The minimum absolute atomic E-state index is 0.0611. The molecule has 2 aromatic carbocycles. The van der Waals surface area contributed by atoms with Gasteiger partial charge in [-0.3, -0.25) is 0 Å². The molecule has 104 valence electrons. The van der Waals surface area contributed by atoms with Crippen LogP contribution < -0.4 is 4.74 Å². The van der Waals surface area contributed by atoms with Crippen molar-refractivity contribution in [3.05, 3.63) is 59.4 Å². The van der Waals surface area contributed by atoms with Crippen molar-refractivity contribution < 1.29 is 14.2 Å². The second kappa shape index (κ2) is 5.46. The van der Waals surface area contributed by atoms with Crippen molar-refractivity contribution in [2.45, 2.75) is 22.7 Å². The molecule has 0 aromatic heterocycles. The van der Waals surface area contributed by atoms with Gasteiger partial charge >= 0.3 is 0 Å². The molecule has 3 rings (SSSR count). The van der Waals surface area contributed by atoms with Crippen LogP contribution in [0.4, 0.5) is 4.39 Å². The van der Waals surface area contributed by atoms with Crippen molar-refractivity contribution in [1.29, 1.82) is 0 Å². The van der Waals surface area contributed by atoms with Crippen LogP contribution >= 0.6 is 11.8 Å². The van der Waals surface area contributed by atoms with Gasteiger partial charge in [0, 0.05) is 15.7 Å². The van der Waals surface area contributed by atoms with Crippen LogP contribution in [0.25, 0.3) is 0 Å². The second-order valence-electron chi connectivity index (χ2n) is 4.78. The SMILES string of the molecule is COc1cccc(C(O)C2Cc3ccccc3S2)c1F. The van der Waals surface area contributed by atoms with Gasteiger partial charge in [0.05, 0.1) is 13.2 Å². The summed E-state index contributed by atoms with van der Waals surface area (Å²) in [6.07, 6.45) is -0.0962. The fraction of sp³-hybridized carbons (Fsp3) is 0.250. The third-order valence-corrected chi connectivity index (χ3v) is 4.94. The number of methoxy groups -OCH3 is 1. The molecule has 2 atom stereocenters. The van der Waals surface area contributed by atoms with E-state index in [1.807, 2.05) is 18.2 Å². The standard InChI is InChI=1S/C16H15FO2S/c1-19-12-7-4-6-11(15(12)17)16(18)14-9-10-5-2-3-8-13(10)20-14/h2-8,14,16,18H,9H2,1H3. The molecule has 0 spiro atoms. The maximum Gasteiger partial charge on any atom is 0.170 e. The maximum atomic E-state index is 14.2. The van der Waals surface area contributed by atoms with Gasteiger partial charge in [-0.25, -0.2) is 4.39 Å². The van der Waals surface area contributed by atoms with Gasteiger partial charge in [0.15, 0.2) is 11.6 Å². The van der Waals surface area contributed by atoms with Gasteiger partial charge < -0.3 is 9.84 Å². The molecule has 2 aromatic rings. The lowest BCUT2D eigenvalue weighted by Gasteiger charge is -2.19. The van der Waals surface area contributed by atoms with Crippen molar-refractivity contribution in [2.24, 2.45) is 0 Å². The molecule has 20 heavy (non-hydrogen) atoms. The molecule has 2 unspecified atom stereocenters. The van der Waals surface area contributed by atoms with Gasteiger partial charge in [-0.05, 0) is 24.1 Å². The summed E-state index contributed by atoms with van der Waals surface area (Å²) in [5.41, 5.74) is 1.51. The fourth-order valence-electron chi connectivity index (χ4n) is 2.50. The highest BCUT2D eigenvalue weighted by Gasteiger charge is 2.31. The predicted octanol–water partition coefficient (Wildman–Crippen LogP) is 3.58. The molecule has 0 aliphatic carbocycles. The minimum atomic E-state index is -0.845. The zero-order valence-electron chi connectivity index (χ0n) is 11.0. The first-order chi connectivity index (χ1) is 9.70. The number of ether oxygens (including phenoxy) is 1. The highest BCUT2D eigenvalue weighted by molar-refractivity contribution is 8.00. The quantitative estimate of drug-likeness (QED) is 0.937. The normalized spacial score (nSPS) is 18.6. The molecule has 4 heteroatoms. The Kier molecular flexibility index (Phi) is 3.68. The number of halogens is 1. The zero-order valence-corrected chi connectivity index (χ0v) is 11.9. The Balaban J connectivity index is 1.86. The molecular formula is C16H15FO2S. The molecule has 0 amide bonds. The van der Waals surface area contributed by atoms with E-state index in [9.17, 15) is 9.50 Å². The van der Waals surface area contributed by atoms with Crippen molar-refractivity contribution in [3.63, 3.8) is 0 Å². The van der Waals surface area contributed by atoms with Gasteiger partial charge in [-0.15, -0.1) is 11.8 Å². The van der Waals surface area contributed by atoms with E-state index < -0.39 is 11.9 Å². The summed E-state index contributed by atoms with van der Waals surface area (Å²) in [6, 6.07) is 12.9. The molecule has 0 saturated heterocycles. The summed E-state index contributed by atoms with van der Waals surface area (Å²) < 4.78 is 19.2. The number of benzene rings is 2. The van der Waals surface area contributed by atoms with Crippen molar-refractivity contribution in [1.82, 2.24) is 0 Å². The molecule has 0 fully saturated rings. The highest BCUT2D eigenvalue weighted by Crippen LogP contribution is 2.43. The van der Waals surface area contributed by atoms with Crippen LogP contribution in [0.2, 0.25) is 0 Å². The van der Waals surface area contributed by atoms with E-state index >= 15 is 0 Å². The van der Waals surface area contributed by atoms with Gasteiger partial charge in [0.2, 0.25) is 0 Å². The van der Waals surface area contributed by atoms with Crippen molar-refractivity contribution in [2.75, 3.05) is 7.11 Å². The summed E-state index contributed by atoms with van der Waals surface area (Å²) in [7, 11) is 1.43. The van der Waals surface area contributed by atoms with Crippen LogP contribution in [0.5, 0.6) is 5.75 Å². The first-order valence-electron chi connectivity index (χ1n) is 6.45. The van der Waals surface area contributed by atoms with Crippen LogP contribution in [0.1, 0.15) is 17.2 Å². The molecule has 1 aliphatic rings. The Morgan fingerprint density at radius 1 is 1.25 bits per heavy atom. The van der Waals surface area contributed by atoms with Gasteiger partial charge in [0.25, 0.3) is 0 Å². The largest absolute Gasteiger partial charge is 0.494 e. The van der Waals surface area contributed by atoms with E-state index in [-0.39, 0.29) is 11.0 Å². The lowest BCUT2D eigenvalue weighted by Crippen LogP contribution is -2.16. The second-order valence-corrected chi connectivity index (χ2v) is 6.06. The number of aliphatic hydroxyl groups excluding tert-OH is 1. The summed E-state index contributed by atoms with van der Waals surface area (Å²) in [5, 5.41) is 10.4. The lowest BCUT2D eigenvalue weighted by molar-refractivity contribution is 0.169. The highest BCUT2D eigenvalue weighted by atomic mass is 32.2. The van der Waals surface area contributed by atoms with Crippen LogP contribution in [0, 0.1) is 5.82 Å². The number of thioether (sulfide) groups is 1. The van der Waals surface area contributed by atoms with E-state index in [4.69, 9.17) is 4.74 Å². The summed E-state index contributed by atoms with van der Waals surface area (Å²) in [5.74, 6) is -0.305. The molecule has 0 saturated carbocycles. The Bertz CT molecular complexity index is 605. The Labute approximate surface area is 121 Å². The Hall–Kier alpha value is -1.52. The van der Waals surface area contributed by atoms with E-state index in [2.05, 4.69) is 6.07 Å². The average molecular weight is 290 g/mol. The summed E-state index contributed by atoms with van der Waals surface area (Å²) in [6.45, 7) is 0. The first-order valence-corrected chi connectivity index (χ1v) is 7.33. The third kappa shape index (κ3) is 2.30. The van der Waals surface area contributed by atoms with Crippen molar-refractivity contribution in [3.8, 4) is 5.75 Å². The Morgan fingerprint density at radius 2 is 2.05 bits per heavy atom. The van der Waals surface area contributed by atoms with E-state index in [1.165, 1.54) is 17.6 Å². The zero-order chi connectivity index (χ0) is 14.1. The van der Waals surface area contributed by atoms with E-state index in [0.717, 1.165) is 6.42 Å². The molecular weight excluding hydrogens is 275 g/mol. The van der Waals surface area contributed by atoms with Gasteiger partial charge in [-0.1, -0.05) is 30.3 Å². The minimum Gasteiger partial charge on any atom is -0.494 e. The molecule has 1 N–H and O–H groups in total. The van der Waals surface area contributed by atoms with Crippen LogP contribution in [-0.2, 0) is 6.42 Å². The molecule has 1 aliphatic heterocycles. The van der Waals surface area contributed by atoms with Gasteiger partial charge in [-0.2, -0.15) is 0 Å². The number of hydrogen-bond donors (Lipinski definition) is 1. The monoisotopic (exact) mass is 290 g/mol. The van der Waals surface area contributed by atoms with Gasteiger partial charge in [0.1, 0.15) is 0 Å². The summed E-state index contributed by atoms with van der Waals surface area (Å²) >= 11 is 1.60. The number of hydrogen-bond acceptors (Lipinski definition) is 3.